The van der Waals surface area contributed by atoms with Gasteiger partial charge in [-0.2, -0.15) is 5.10 Å². The summed E-state index contributed by atoms with van der Waals surface area (Å²) in [5.41, 5.74) is 3.34. The lowest BCUT2D eigenvalue weighted by Gasteiger charge is -2.20. The van der Waals surface area contributed by atoms with Crippen LogP contribution in [-0.2, 0) is 0 Å². The van der Waals surface area contributed by atoms with Crippen LogP contribution in [0.15, 0.2) is 67.3 Å². The second-order valence-corrected chi connectivity index (χ2v) is 4.87. The molecule has 0 aliphatic heterocycles. The van der Waals surface area contributed by atoms with Gasteiger partial charge < -0.3 is 5.32 Å². The van der Waals surface area contributed by atoms with Gasteiger partial charge in [0.1, 0.15) is 12.7 Å². The van der Waals surface area contributed by atoms with E-state index in [0.29, 0.717) is 0 Å². The fourth-order valence-corrected chi connectivity index (χ4v) is 2.42. The highest BCUT2D eigenvalue weighted by atomic mass is 15.3. The topological polar surface area (TPSA) is 42.7 Å². The molecular weight excluding hydrogens is 260 g/mol. The van der Waals surface area contributed by atoms with E-state index in [0.717, 1.165) is 17.8 Å². The van der Waals surface area contributed by atoms with Gasteiger partial charge in [-0.25, -0.2) is 9.67 Å². The van der Waals surface area contributed by atoms with Gasteiger partial charge in [0.05, 0.1) is 17.4 Å². The van der Waals surface area contributed by atoms with E-state index < -0.39 is 0 Å². The van der Waals surface area contributed by atoms with Gasteiger partial charge in [0.2, 0.25) is 0 Å². The molecule has 0 fully saturated rings. The van der Waals surface area contributed by atoms with Crippen molar-refractivity contribution in [2.24, 2.45) is 0 Å². The molecule has 0 aliphatic rings. The number of nitrogens with zero attached hydrogens (tertiary/aromatic N) is 3. The predicted octanol–water partition coefficient (Wildman–Crippen LogP) is 3.83. The molecule has 1 heterocycles. The second kappa shape index (κ2) is 6.22. The van der Waals surface area contributed by atoms with E-state index in [2.05, 4.69) is 52.7 Å². The Balaban J connectivity index is 1.91. The summed E-state index contributed by atoms with van der Waals surface area (Å²) in [6, 6.07) is 18.9. The number of hydrogen-bond donors (Lipinski definition) is 1. The molecule has 0 spiro atoms. The lowest BCUT2D eigenvalue weighted by molar-refractivity contribution is 0.746. The molecule has 3 aromatic rings. The lowest BCUT2D eigenvalue weighted by Crippen LogP contribution is -2.11. The highest BCUT2D eigenvalue weighted by Crippen LogP contribution is 2.26. The number of nitrogens with one attached hydrogen (secondary N) is 1. The summed E-state index contributed by atoms with van der Waals surface area (Å²) < 4.78 is 1.78. The minimum absolute atomic E-state index is 0.274. The fourth-order valence-electron chi connectivity index (χ4n) is 2.42. The van der Waals surface area contributed by atoms with Gasteiger partial charge >= 0.3 is 0 Å². The molecule has 0 saturated carbocycles. The average Bonchev–Trinajstić information content (AvgIpc) is 3.08. The van der Waals surface area contributed by atoms with E-state index in [1.54, 1.807) is 17.3 Å². The van der Waals surface area contributed by atoms with Gasteiger partial charge in [-0.15, -0.1) is 0 Å². The molecule has 0 aliphatic carbocycles. The van der Waals surface area contributed by atoms with Crippen molar-refractivity contribution in [3.8, 4) is 5.69 Å². The van der Waals surface area contributed by atoms with E-state index in [-0.39, 0.29) is 6.04 Å². The number of anilines is 1. The van der Waals surface area contributed by atoms with Gasteiger partial charge in [-0.05, 0) is 24.1 Å². The van der Waals surface area contributed by atoms with Crippen molar-refractivity contribution in [2.45, 2.75) is 19.4 Å². The Morgan fingerprint density at radius 3 is 2.52 bits per heavy atom. The molecule has 3 rings (SSSR count). The highest BCUT2D eigenvalue weighted by Gasteiger charge is 2.11. The summed E-state index contributed by atoms with van der Waals surface area (Å²) >= 11 is 0. The molecule has 0 amide bonds. The van der Waals surface area contributed by atoms with Crippen LogP contribution in [0, 0.1) is 0 Å². The maximum absolute atomic E-state index is 4.22. The molecule has 4 heteroatoms. The summed E-state index contributed by atoms with van der Waals surface area (Å²) in [6.45, 7) is 2.18. The zero-order valence-corrected chi connectivity index (χ0v) is 12.0. The van der Waals surface area contributed by atoms with Crippen LogP contribution in [-0.4, -0.2) is 14.8 Å². The third-order valence-corrected chi connectivity index (χ3v) is 3.51. The first kappa shape index (κ1) is 13.4. The number of para-hydroxylation sites is 2. The van der Waals surface area contributed by atoms with Crippen molar-refractivity contribution in [2.75, 3.05) is 5.32 Å². The van der Waals surface area contributed by atoms with Crippen LogP contribution in [0.25, 0.3) is 5.69 Å². The minimum atomic E-state index is 0.274. The first-order chi connectivity index (χ1) is 10.4. The Bertz CT molecular complexity index is 677. The molecule has 0 bridgehead atoms. The number of hydrogen-bond acceptors (Lipinski definition) is 3. The van der Waals surface area contributed by atoms with E-state index in [1.165, 1.54) is 5.56 Å². The monoisotopic (exact) mass is 278 g/mol. The van der Waals surface area contributed by atoms with Crippen molar-refractivity contribution in [3.05, 3.63) is 72.8 Å². The van der Waals surface area contributed by atoms with Gasteiger partial charge in [0.15, 0.2) is 0 Å². The number of rotatable bonds is 5. The zero-order chi connectivity index (χ0) is 14.5. The van der Waals surface area contributed by atoms with Crippen LogP contribution in [0.4, 0.5) is 5.69 Å². The maximum atomic E-state index is 4.22. The summed E-state index contributed by atoms with van der Waals surface area (Å²) in [5.74, 6) is 0. The minimum Gasteiger partial charge on any atom is -0.377 e. The second-order valence-electron chi connectivity index (χ2n) is 4.87. The Hall–Kier alpha value is -2.62. The summed E-state index contributed by atoms with van der Waals surface area (Å²) in [5, 5.41) is 7.83. The summed E-state index contributed by atoms with van der Waals surface area (Å²) in [4.78, 5) is 4.02. The molecule has 1 aromatic heterocycles. The van der Waals surface area contributed by atoms with Crippen LogP contribution in [0.3, 0.4) is 0 Å². The maximum Gasteiger partial charge on any atom is 0.138 e. The molecule has 0 radical (unpaired) electrons. The number of aromatic nitrogens is 3. The van der Waals surface area contributed by atoms with Gasteiger partial charge in [-0.1, -0.05) is 49.4 Å². The molecule has 1 N–H and O–H groups in total. The third kappa shape index (κ3) is 2.94. The third-order valence-electron chi connectivity index (χ3n) is 3.51. The summed E-state index contributed by atoms with van der Waals surface area (Å²) in [6.07, 6.45) is 4.27. The molecule has 1 unspecified atom stereocenters. The number of benzene rings is 2. The van der Waals surface area contributed by atoms with E-state index in [1.807, 2.05) is 24.3 Å². The zero-order valence-electron chi connectivity index (χ0n) is 12.0. The average molecular weight is 278 g/mol. The summed E-state index contributed by atoms with van der Waals surface area (Å²) in [7, 11) is 0. The Morgan fingerprint density at radius 2 is 1.81 bits per heavy atom. The first-order valence-corrected chi connectivity index (χ1v) is 7.14. The Kier molecular flexibility index (Phi) is 3.96. The van der Waals surface area contributed by atoms with Gasteiger partial charge in [-0.3, -0.25) is 0 Å². The van der Waals surface area contributed by atoms with E-state index in [9.17, 15) is 0 Å². The largest absolute Gasteiger partial charge is 0.377 e. The van der Waals surface area contributed by atoms with Crippen molar-refractivity contribution in [3.63, 3.8) is 0 Å². The Labute approximate surface area is 124 Å². The Morgan fingerprint density at radius 1 is 1.05 bits per heavy atom. The first-order valence-electron chi connectivity index (χ1n) is 7.14. The molecule has 106 valence electrons. The molecular formula is C17H18N4. The van der Waals surface area contributed by atoms with Crippen molar-refractivity contribution >= 4 is 5.69 Å². The van der Waals surface area contributed by atoms with Crippen molar-refractivity contribution in [1.29, 1.82) is 0 Å². The van der Waals surface area contributed by atoms with Gasteiger partial charge in [0, 0.05) is 0 Å². The SMILES string of the molecule is CCC(Nc1ccccc1-n1cncn1)c1ccccc1. The molecule has 0 saturated heterocycles. The quantitative estimate of drug-likeness (QED) is 0.771. The van der Waals surface area contributed by atoms with Gasteiger partial charge in [0.25, 0.3) is 0 Å². The standard InChI is InChI=1S/C17H18N4/c1-2-15(14-8-4-3-5-9-14)20-16-10-6-7-11-17(16)21-13-18-12-19-21/h3-13,15,20H,2H2,1H3. The lowest BCUT2D eigenvalue weighted by atomic mass is 10.0. The van der Waals surface area contributed by atoms with E-state index in [4.69, 9.17) is 0 Å². The normalized spacial score (nSPS) is 12.0. The van der Waals surface area contributed by atoms with Crippen LogP contribution >= 0.6 is 0 Å². The van der Waals surface area contributed by atoms with Crippen LogP contribution in [0.5, 0.6) is 0 Å². The van der Waals surface area contributed by atoms with Crippen LogP contribution in [0.2, 0.25) is 0 Å². The fraction of sp³-hybridized carbons (Fsp3) is 0.176. The van der Waals surface area contributed by atoms with Crippen LogP contribution in [0.1, 0.15) is 24.9 Å². The van der Waals surface area contributed by atoms with Crippen molar-refractivity contribution < 1.29 is 0 Å². The smallest absolute Gasteiger partial charge is 0.138 e. The van der Waals surface area contributed by atoms with Crippen molar-refractivity contribution in [1.82, 2.24) is 14.8 Å². The van der Waals surface area contributed by atoms with E-state index >= 15 is 0 Å². The van der Waals surface area contributed by atoms with Crippen LogP contribution < -0.4 is 5.32 Å². The molecule has 4 nitrogen and oxygen atoms in total. The molecule has 1 atom stereocenters. The predicted molar refractivity (Wildman–Crippen MR) is 84.5 cm³/mol. The highest BCUT2D eigenvalue weighted by molar-refractivity contribution is 5.61. The molecule has 21 heavy (non-hydrogen) atoms. The molecule has 2 aromatic carbocycles.